The van der Waals surface area contributed by atoms with E-state index < -0.39 is 6.41 Å². The van der Waals surface area contributed by atoms with E-state index in [1.54, 1.807) is 33.0 Å². The lowest BCUT2D eigenvalue weighted by molar-refractivity contribution is -0.191. The summed E-state index contributed by atoms with van der Waals surface area (Å²) in [5.41, 5.74) is 1.91. The number of hydrogen-bond donors (Lipinski definition) is 1. The second-order valence-corrected chi connectivity index (χ2v) is 7.19. The Morgan fingerprint density at radius 3 is 2.36 bits per heavy atom. The molecule has 1 atom stereocenters. The molecule has 0 bridgehead atoms. The average Bonchev–Trinajstić information content (AvgIpc) is 2.83. The zero-order valence-electron chi connectivity index (χ0n) is 19.9. The smallest absolute Gasteiger partial charge is 0.307 e. The highest BCUT2D eigenvalue weighted by Gasteiger charge is 2.21. The molecule has 0 aliphatic rings. The van der Waals surface area contributed by atoms with Gasteiger partial charge in [0.15, 0.2) is 11.5 Å². The first-order valence-corrected chi connectivity index (χ1v) is 11.1. The zero-order chi connectivity index (χ0) is 24.1. The molecule has 1 unspecified atom stereocenters. The highest BCUT2D eigenvalue weighted by molar-refractivity contribution is 5.69. The Morgan fingerprint density at radius 1 is 0.970 bits per heavy atom. The Hall–Kier alpha value is -2.81. The van der Waals surface area contributed by atoms with Gasteiger partial charge in [-0.1, -0.05) is 36.4 Å². The SMILES string of the molecule is CCOC(=O)CCN(CCc1ccc(OC)c(OCc2ccccc2)c1OC)C(O)OCC. The molecule has 8 nitrogen and oxygen atoms in total. The van der Waals surface area contributed by atoms with Crippen LogP contribution in [-0.4, -0.2) is 62.9 Å². The number of rotatable bonds is 15. The van der Waals surface area contributed by atoms with Crippen molar-refractivity contribution in [2.75, 3.05) is 40.5 Å². The first kappa shape index (κ1) is 26.4. The van der Waals surface area contributed by atoms with Crippen molar-refractivity contribution in [2.45, 2.75) is 39.7 Å². The Morgan fingerprint density at radius 2 is 1.73 bits per heavy atom. The van der Waals surface area contributed by atoms with Gasteiger partial charge in [0.05, 0.1) is 27.2 Å². The Balaban J connectivity index is 2.16. The zero-order valence-corrected chi connectivity index (χ0v) is 19.9. The van der Waals surface area contributed by atoms with Gasteiger partial charge in [0.25, 0.3) is 0 Å². The van der Waals surface area contributed by atoms with Crippen molar-refractivity contribution in [3.05, 3.63) is 53.6 Å². The fraction of sp³-hybridized carbons (Fsp3) is 0.480. The second-order valence-electron chi connectivity index (χ2n) is 7.19. The van der Waals surface area contributed by atoms with Crippen LogP contribution in [0.1, 0.15) is 31.4 Å². The molecule has 0 heterocycles. The van der Waals surface area contributed by atoms with Crippen LogP contribution in [0, 0.1) is 0 Å². The van der Waals surface area contributed by atoms with Crippen molar-refractivity contribution in [1.82, 2.24) is 4.90 Å². The molecule has 2 aromatic carbocycles. The van der Waals surface area contributed by atoms with Gasteiger partial charge >= 0.3 is 5.97 Å². The number of ether oxygens (including phenoxy) is 5. The van der Waals surface area contributed by atoms with Crippen LogP contribution in [0.15, 0.2) is 42.5 Å². The Kier molecular flexibility index (Phi) is 11.5. The number of carbonyl (C=O) groups is 1. The van der Waals surface area contributed by atoms with Gasteiger partial charge in [-0.3, -0.25) is 9.69 Å². The molecule has 8 heteroatoms. The maximum absolute atomic E-state index is 11.8. The molecule has 0 saturated carbocycles. The Labute approximate surface area is 196 Å². The van der Waals surface area contributed by atoms with Gasteiger partial charge in [-0.05, 0) is 37.5 Å². The normalized spacial score (nSPS) is 11.8. The van der Waals surface area contributed by atoms with Crippen LogP contribution in [0.2, 0.25) is 0 Å². The van der Waals surface area contributed by atoms with E-state index >= 15 is 0 Å². The molecule has 2 aromatic rings. The van der Waals surface area contributed by atoms with E-state index in [0.717, 1.165) is 11.1 Å². The Bertz CT molecular complexity index is 844. The fourth-order valence-corrected chi connectivity index (χ4v) is 3.35. The number of aliphatic hydroxyl groups excluding tert-OH is 1. The first-order valence-electron chi connectivity index (χ1n) is 11.1. The minimum absolute atomic E-state index is 0.156. The molecule has 182 valence electrons. The summed E-state index contributed by atoms with van der Waals surface area (Å²) in [6, 6.07) is 13.6. The third-order valence-corrected chi connectivity index (χ3v) is 5.01. The van der Waals surface area contributed by atoms with Crippen molar-refractivity contribution in [1.29, 1.82) is 0 Å². The van der Waals surface area contributed by atoms with E-state index in [2.05, 4.69) is 0 Å². The molecule has 0 saturated heterocycles. The maximum atomic E-state index is 11.8. The molecule has 0 fully saturated rings. The predicted molar refractivity (Wildman–Crippen MR) is 124 cm³/mol. The summed E-state index contributed by atoms with van der Waals surface area (Å²) in [6.07, 6.45) is -0.437. The highest BCUT2D eigenvalue weighted by atomic mass is 16.6. The van der Waals surface area contributed by atoms with Gasteiger partial charge in [0, 0.05) is 19.7 Å². The largest absolute Gasteiger partial charge is 0.493 e. The summed E-state index contributed by atoms with van der Waals surface area (Å²) >= 11 is 0. The van der Waals surface area contributed by atoms with Crippen molar-refractivity contribution < 1.29 is 33.6 Å². The number of benzene rings is 2. The van der Waals surface area contributed by atoms with Crippen molar-refractivity contribution in [3.63, 3.8) is 0 Å². The standard InChI is InChI=1S/C25H35NO7/c1-5-31-22(27)15-17-26(25(28)32-6-2)16-14-20-12-13-21(29-3)24(23(20)30-4)33-18-19-10-8-7-9-11-19/h7-13,25,28H,5-6,14-18H2,1-4H3. The van der Waals surface area contributed by atoms with Gasteiger partial charge < -0.3 is 28.8 Å². The number of aliphatic hydroxyl groups is 1. The molecular weight excluding hydrogens is 426 g/mol. The van der Waals surface area contributed by atoms with Crippen LogP contribution < -0.4 is 14.2 Å². The number of esters is 1. The van der Waals surface area contributed by atoms with Gasteiger partial charge in [0.2, 0.25) is 12.2 Å². The van der Waals surface area contributed by atoms with Crippen LogP contribution in [-0.2, 0) is 27.3 Å². The average molecular weight is 462 g/mol. The molecule has 0 aromatic heterocycles. The van der Waals surface area contributed by atoms with Crippen LogP contribution in [0.5, 0.6) is 17.2 Å². The number of methoxy groups -OCH3 is 2. The molecule has 0 aliphatic carbocycles. The summed E-state index contributed by atoms with van der Waals surface area (Å²) in [5.74, 6) is 1.34. The van der Waals surface area contributed by atoms with Crippen LogP contribution in [0.3, 0.4) is 0 Å². The van der Waals surface area contributed by atoms with E-state index in [0.29, 0.717) is 56.6 Å². The van der Waals surface area contributed by atoms with Crippen LogP contribution >= 0.6 is 0 Å². The molecule has 1 N–H and O–H groups in total. The number of nitrogens with zero attached hydrogens (tertiary/aromatic N) is 1. The summed E-state index contributed by atoms with van der Waals surface area (Å²) in [6.45, 7) is 5.33. The number of carbonyl (C=O) groups excluding carboxylic acids is 1. The maximum Gasteiger partial charge on any atom is 0.307 e. The lowest BCUT2D eigenvalue weighted by Crippen LogP contribution is -2.40. The monoisotopic (exact) mass is 461 g/mol. The third-order valence-electron chi connectivity index (χ3n) is 5.01. The summed E-state index contributed by atoms with van der Waals surface area (Å²) < 4.78 is 27.6. The molecule has 0 radical (unpaired) electrons. The van der Waals surface area contributed by atoms with Crippen molar-refractivity contribution in [2.24, 2.45) is 0 Å². The van der Waals surface area contributed by atoms with Gasteiger partial charge in [-0.2, -0.15) is 0 Å². The van der Waals surface area contributed by atoms with E-state index in [4.69, 9.17) is 23.7 Å². The quantitative estimate of drug-likeness (QED) is 0.319. The van der Waals surface area contributed by atoms with Crippen molar-refractivity contribution >= 4 is 5.97 Å². The van der Waals surface area contributed by atoms with Gasteiger partial charge in [0.1, 0.15) is 6.61 Å². The van der Waals surface area contributed by atoms with E-state index in [-0.39, 0.29) is 12.4 Å². The molecular formula is C25H35NO7. The highest BCUT2D eigenvalue weighted by Crippen LogP contribution is 2.40. The topological polar surface area (TPSA) is 86.7 Å². The van der Waals surface area contributed by atoms with E-state index in [9.17, 15) is 9.90 Å². The minimum Gasteiger partial charge on any atom is -0.493 e. The van der Waals surface area contributed by atoms with Crippen LogP contribution in [0.25, 0.3) is 0 Å². The predicted octanol–water partition coefficient (Wildman–Crippen LogP) is 3.39. The van der Waals surface area contributed by atoms with E-state index in [1.807, 2.05) is 42.5 Å². The minimum atomic E-state index is -1.12. The molecule has 0 amide bonds. The first-order chi connectivity index (χ1) is 16.0. The fourth-order valence-electron chi connectivity index (χ4n) is 3.35. The lowest BCUT2D eigenvalue weighted by Gasteiger charge is -2.27. The molecule has 2 rings (SSSR count). The van der Waals surface area contributed by atoms with Crippen molar-refractivity contribution in [3.8, 4) is 17.2 Å². The summed E-state index contributed by atoms with van der Waals surface area (Å²) in [4.78, 5) is 13.5. The second kappa shape index (κ2) is 14.4. The number of hydrogen-bond acceptors (Lipinski definition) is 8. The molecule has 0 spiro atoms. The third kappa shape index (κ3) is 8.24. The van der Waals surface area contributed by atoms with E-state index in [1.165, 1.54) is 0 Å². The summed E-state index contributed by atoms with van der Waals surface area (Å²) in [7, 11) is 3.17. The van der Waals surface area contributed by atoms with Crippen LogP contribution in [0.4, 0.5) is 0 Å². The van der Waals surface area contributed by atoms with Gasteiger partial charge in [-0.25, -0.2) is 0 Å². The lowest BCUT2D eigenvalue weighted by atomic mass is 10.1. The molecule has 0 aliphatic heterocycles. The van der Waals surface area contributed by atoms with Gasteiger partial charge in [-0.15, -0.1) is 0 Å². The molecule has 33 heavy (non-hydrogen) atoms. The summed E-state index contributed by atoms with van der Waals surface area (Å²) in [5, 5.41) is 10.4.